The summed E-state index contributed by atoms with van der Waals surface area (Å²) in [5.41, 5.74) is 1.82. The molecule has 0 radical (unpaired) electrons. The third-order valence-electron chi connectivity index (χ3n) is 9.31. The van der Waals surface area contributed by atoms with E-state index in [1.54, 1.807) is 0 Å². The summed E-state index contributed by atoms with van der Waals surface area (Å²) in [7, 11) is 0. The molecule has 4 aliphatic rings. The Bertz CT molecular complexity index is 1230. The van der Waals surface area contributed by atoms with Crippen LogP contribution in [-0.2, 0) is 0 Å². The molecule has 0 aliphatic heterocycles. The molecule has 14 heteroatoms. The Kier molecular flexibility index (Phi) is 9.07. The van der Waals surface area contributed by atoms with E-state index in [4.69, 9.17) is 162 Å². The highest BCUT2D eigenvalue weighted by Crippen LogP contribution is 2.78. The number of allylic oxidation sites excluding steroid dienone is 4. The van der Waals surface area contributed by atoms with E-state index >= 15 is 0 Å². The van der Waals surface area contributed by atoms with E-state index < -0.39 is 50.8 Å². The lowest BCUT2D eigenvalue weighted by Gasteiger charge is -2.40. The summed E-state index contributed by atoms with van der Waals surface area (Å²) in [5, 5.41) is -1.34. The Morgan fingerprint density at radius 1 is 0.575 bits per heavy atom. The van der Waals surface area contributed by atoms with Crippen LogP contribution in [0, 0.1) is 11.8 Å². The van der Waals surface area contributed by atoms with Crippen LogP contribution in [0.15, 0.2) is 44.4 Å². The summed E-state index contributed by atoms with van der Waals surface area (Å²) >= 11 is 95.8. The first kappa shape index (κ1) is 34.1. The summed E-state index contributed by atoms with van der Waals surface area (Å²) < 4.78 is -3.52. The van der Waals surface area contributed by atoms with Gasteiger partial charge in [0.15, 0.2) is 8.67 Å². The molecule has 4 bridgehead atoms. The van der Waals surface area contributed by atoms with Crippen molar-refractivity contribution in [1.29, 1.82) is 0 Å². The molecule has 0 nitrogen and oxygen atoms in total. The first-order valence-electron chi connectivity index (χ1n) is 12.3. The Balaban J connectivity index is 1.59. The summed E-state index contributed by atoms with van der Waals surface area (Å²) in [6.07, 6.45) is 1.23. The SMILES string of the molecule is CCC(c1cccc(C(CC)C2C(Cl)C3(Cl)C(Cl)=C(Cl)C2(Cl)C3(Cl)Cl)c1)C1C(Cl)C2(Cl)C(Cl)=C(Cl)C1(Cl)C2(Cl)Cl. The van der Waals surface area contributed by atoms with Gasteiger partial charge >= 0.3 is 0 Å². The molecule has 222 valence electrons. The minimum Gasteiger partial charge on any atom is -0.120 e. The third-order valence-corrected chi connectivity index (χ3v) is 19.3. The monoisotopic (exact) mass is 822 g/mol. The fourth-order valence-corrected chi connectivity index (χ4v) is 14.9. The highest BCUT2D eigenvalue weighted by Gasteiger charge is 2.84. The Hall–Kier alpha value is 2.76. The molecule has 1 aromatic carbocycles. The molecular formula is C26H20Cl14. The van der Waals surface area contributed by atoms with Crippen LogP contribution >= 0.6 is 162 Å². The standard InChI is InChI=1S/C26H20Cl14/c1-3-11(13-15(27)23(35)19(31)17(29)21(13,33)25(23,37)38)9-6-5-7-10(8-9)12(4-2)14-16(28)24(36)20(32)18(30)22(14,34)26(24,39)40/h5-8,11-16H,3-4H2,1-2H3. The van der Waals surface area contributed by atoms with Gasteiger partial charge in [0.1, 0.15) is 19.5 Å². The fourth-order valence-electron chi connectivity index (χ4n) is 7.29. The van der Waals surface area contributed by atoms with Crippen LogP contribution in [0.1, 0.15) is 49.7 Å². The van der Waals surface area contributed by atoms with Crippen molar-refractivity contribution >= 4 is 162 Å². The average Bonchev–Trinajstić information content (AvgIpc) is 3.21. The Morgan fingerprint density at radius 2 is 0.875 bits per heavy atom. The molecule has 0 spiro atoms. The van der Waals surface area contributed by atoms with Gasteiger partial charge in [-0.1, -0.05) is 131 Å². The summed E-state index contributed by atoms with van der Waals surface area (Å²) in [5.74, 6) is -1.66. The maximum Gasteiger partial charge on any atom is 0.168 e. The molecule has 10 unspecified atom stereocenters. The minimum atomic E-state index is -1.76. The van der Waals surface area contributed by atoms with Crippen LogP contribution in [0.2, 0.25) is 0 Å². The molecule has 0 saturated heterocycles. The predicted octanol–water partition coefficient (Wildman–Crippen LogP) is 12.8. The van der Waals surface area contributed by atoms with E-state index in [0.29, 0.717) is 12.8 Å². The van der Waals surface area contributed by atoms with E-state index in [2.05, 4.69) is 0 Å². The maximum absolute atomic E-state index is 7.18. The Labute approximate surface area is 304 Å². The van der Waals surface area contributed by atoms with Gasteiger partial charge in [-0.15, -0.1) is 69.6 Å². The highest BCUT2D eigenvalue weighted by atomic mass is 35.5. The second-order valence-electron chi connectivity index (χ2n) is 10.8. The van der Waals surface area contributed by atoms with Crippen LogP contribution in [0.25, 0.3) is 0 Å². The summed E-state index contributed by atoms with van der Waals surface area (Å²) in [6.45, 7) is 4.01. The first-order chi connectivity index (χ1) is 18.3. The second-order valence-corrected chi connectivity index (χ2v) is 18.3. The third kappa shape index (κ3) is 3.66. The fraction of sp³-hybridized carbons (Fsp3) is 0.615. The van der Waals surface area contributed by atoms with Gasteiger partial charge in [0.25, 0.3) is 0 Å². The molecule has 40 heavy (non-hydrogen) atoms. The quantitative estimate of drug-likeness (QED) is 0.251. The Morgan fingerprint density at radius 3 is 1.15 bits per heavy atom. The van der Waals surface area contributed by atoms with Crippen LogP contribution < -0.4 is 0 Å². The number of benzene rings is 1. The number of hydrogen-bond donors (Lipinski definition) is 0. The van der Waals surface area contributed by atoms with Crippen molar-refractivity contribution in [2.75, 3.05) is 0 Å². The van der Waals surface area contributed by atoms with Crippen LogP contribution in [0.5, 0.6) is 0 Å². The molecular weight excluding hydrogens is 809 g/mol. The average molecular weight is 829 g/mol. The number of halogens is 14. The first-order valence-corrected chi connectivity index (χ1v) is 17.7. The van der Waals surface area contributed by atoms with Crippen molar-refractivity contribution in [2.24, 2.45) is 11.8 Å². The van der Waals surface area contributed by atoms with Gasteiger partial charge in [0.05, 0.1) is 30.9 Å². The molecule has 0 aromatic heterocycles. The zero-order valence-electron chi connectivity index (χ0n) is 20.5. The second kappa shape index (κ2) is 10.6. The van der Waals surface area contributed by atoms with Gasteiger partial charge in [0, 0.05) is 11.8 Å². The van der Waals surface area contributed by atoms with Crippen molar-refractivity contribution in [2.45, 2.75) is 77.4 Å². The normalized spacial score (nSPS) is 44.6. The van der Waals surface area contributed by atoms with E-state index in [1.807, 2.05) is 38.1 Å². The van der Waals surface area contributed by atoms with Crippen molar-refractivity contribution in [3.63, 3.8) is 0 Å². The molecule has 2 fully saturated rings. The highest BCUT2D eigenvalue weighted by molar-refractivity contribution is 6.68. The van der Waals surface area contributed by atoms with E-state index in [1.165, 1.54) is 0 Å². The van der Waals surface area contributed by atoms with Crippen LogP contribution in [-0.4, -0.2) is 38.9 Å². The van der Waals surface area contributed by atoms with E-state index in [-0.39, 0.29) is 32.0 Å². The molecule has 10 atom stereocenters. The van der Waals surface area contributed by atoms with Gasteiger partial charge in [0.2, 0.25) is 0 Å². The topological polar surface area (TPSA) is 0 Å². The maximum atomic E-state index is 7.18. The summed E-state index contributed by atoms with van der Waals surface area (Å²) in [4.78, 5) is -6.18. The minimum absolute atomic E-state index is 0.0582. The number of hydrogen-bond acceptors (Lipinski definition) is 0. The van der Waals surface area contributed by atoms with E-state index in [0.717, 1.165) is 11.1 Å². The van der Waals surface area contributed by atoms with Crippen molar-refractivity contribution < 1.29 is 0 Å². The molecule has 1 aromatic rings. The molecule has 4 aliphatic carbocycles. The van der Waals surface area contributed by atoms with Crippen molar-refractivity contribution in [1.82, 2.24) is 0 Å². The molecule has 2 saturated carbocycles. The predicted molar refractivity (Wildman–Crippen MR) is 179 cm³/mol. The lowest BCUT2D eigenvalue weighted by Crippen LogP contribution is -2.45. The molecule has 5 rings (SSSR count). The zero-order chi connectivity index (χ0) is 30.2. The number of rotatable bonds is 6. The smallest absolute Gasteiger partial charge is 0.120 e. The molecule has 0 N–H and O–H groups in total. The molecule has 0 amide bonds. The van der Waals surface area contributed by atoms with Crippen molar-refractivity contribution in [3.8, 4) is 0 Å². The van der Waals surface area contributed by atoms with Gasteiger partial charge < -0.3 is 0 Å². The van der Waals surface area contributed by atoms with Gasteiger partial charge in [-0.25, -0.2) is 0 Å². The largest absolute Gasteiger partial charge is 0.168 e. The lowest BCUT2D eigenvalue weighted by molar-refractivity contribution is 0.366. The summed E-state index contributed by atoms with van der Waals surface area (Å²) in [6, 6.07) is 7.92. The van der Waals surface area contributed by atoms with Gasteiger partial charge in [-0.05, 0) is 35.8 Å². The number of fused-ring (bicyclic) bond motifs is 4. The zero-order valence-corrected chi connectivity index (χ0v) is 31.1. The lowest BCUT2D eigenvalue weighted by atomic mass is 9.73. The molecule has 0 heterocycles. The van der Waals surface area contributed by atoms with Crippen LogP contribution in [0.4, 0.5) is 0 Å². The van der Waals surface area contributed by atoms with Crippen molar-refractivity contribution in [3.05, 3.63) is 55.5 Å². The van der Waals surface area contributed by atoms with Gasteiger partial charge in [-0.2, -0.15) is 0 Å². The van der Waals surface area contributed by atoms with Crippen LogP contribution in [0.3, 0.4) is 0 Å². The van der Waals surface area contributed by atoms with Gasteiger partial charge in [-0.3, -0.25) is 0 Å². The van der Waals surface area contributed by atoms with E-state index in [9.17, 15) is 0 Å². The number of alkyl halides is 10.